The predicted molar refractivity (Wildman–Crippen MR) is 71.1 cm³/mol. The summed E-state index contributed by atoms with van der Waals surface area (Å²) < 4.78 is 5.57. The van der Waals surface area contributed by atoms with Gasteiger partial charge in [0.15, 0.2) is 11.5 Å². The minimum Gasteiger partial charge on any atom is -0.504 e. The molecule has 0 aliphatic carbocycles. The number of aromatic hydroxyl groups is 2. The van der Waals surface area contributed by atoms with E-state index >= 15 is 0 Å². The quantitative estimate of drug-likeness (QED) is 0.636. The summed E-state index contributed by atoms with van der Waals surface area (Å²) in [6, 6.07) is 10.2. The van der Waals surface area contributed by atoms with Crippen molar-refractivity contribution < 1.29 is 19.7 Å². The van der Waals surface area contributed by atoms with Crippen LogP contribution in [-0.2, 0) is 10.2 Å². The third-order valence-electron chi connectivity index (χ3n) is 4.00. The van der Waals surface area contributed by atoms with E-state index in [1.807, 2.05) is 24.3 Å². The maximum atomic E-state index is 12.5. The number of carbonyl (C=O) groups is 1. The van der Waals surface area contributed by atoms with Gasteiger partial charge in [-0.2, -0.15) is 0 Å². The number of phenols is 2. The first-order valence-electron chi connectivity index (χ1n) is 6.23. The Bertz CT molecular complexity index is 756. The van der Waals surface area contributed by atoms with Gasteiger partial charge in [0.1, 0.15) is 17.8 Å². The third kappa shape index (κ3) is 1.15. The Balaban J connectivity index is 2.02. The van der Waals surface area contributed by atoms with Crippen LogP contribution in [0, 0.1) is 0 Å². The van der Waals surface area contributed by atoms with Gasteiger partial charge in [-0.05, 0) is 17.7 Å². The second-order valence-electron chi connectivity index (χ2n) is 5.03. The predicted octanol–water partition coefficient (Wildman–Crippen LogP) is 1.73. The van der Waals surface area contributed by atoms with Crippen LogP contribution in [0.4, 0.5) is 5.69 Å². The van der Waals surface area contributed by atoms with Crippen LogP contribution in [0.3, 0.4) is 0 Å². The number of ether oxygens (including phenoxy) is 1. The molecule has 1 unspecified atom stereocenters. The first-order chi connectivity index (χ1) is 9.63. The molecule has 0 fully saturated rings. The van der Waals surface area contributed by atoms with Gasteiger partial charge in [0.05, 0.1) is 0 Å². The molecule has 0 aromatic heterocycles. The Morgan fingerprint density at radius 3 is 2.70 bits per heavy atom. The lowest BCUT2D eigenvalue weighted by Gasteiger charge is -2.20. The van der Waals surface area contributed by atoms with E-state index in [2.05, 4.69) is 5.32 Å². The highest BCUT2D eigenvalue weighted by atomic mass is 16.5. The molecule has 1 spiro atoms. The lowest BCUT2D eigenvalue weighted by atomic mass is 9.77. The molecule has 0 saturated heterocycles. The molecule has 2 heterocycles. The SMILES string of the molecule is O=C1Nc2ccccc2C12COc1cc(O)c(O)cc12. The topological polar surface area (TPSA) is 78.8 Å². The number of para-hydroxylation sites is 1. The second-order valence-corrected chi connectivity index (χ2v) is 5.03. The zero-order chi connectivity index (χ0) is 13.9. The maximum absolute atomic E-state index is 12.5. The number of carbonyl (C=O) groups excluding carboxylic acids is 1. The Morgan fingerprint density at radius 1 is 1.10 bits per heavy atom. The molecule has 4 rings (SSSR count). The van der Waals surface area contributed by atoms with Crippen LogP contribution in [0.15, 0.2) is 36.4 Å². The van der Waals surface area contributed by atoms with Crippen molar-refractivity contribution in [1.82, 2.24) is 0 Å². The van der Waals surface area contributed by atoms with Crippen molar-refractivity contribution in [2.45, 2.75) is 5.41 Å². The zero-order valence-corrected chi connectivity index (χ0v) is 10.4. The number of rotatable bonds is 0. The van der Waals surface area contributed by atoms with Crippen LogP contribution in [0.2, 0.25) is 0 Å². The van der Waals surface area contributed by atoms with Crippen molar-refractivity contribution >= 4 is 11.6 Å². The molecule has 1 amide bonds. The number of nitrogens with one attached hydrogen (secondary N) is 1. The number of amides is 1. The summed E-state index contributed by atoms with van der Waals surface area (Å²) in [5, 5.41) is 22.1. The van der Waals surface area contributed by atoms with Gasteiger partial charge in [0.2, 0.25) is 5.91 Å². The molecule has 2 aromatic carbocycles. The minimum absolute atomic E-state index is 0.161. The second kappa shape index (κ2) is 3.45. The van der Waals surface area contributed by atoms with Crippen LogP contribution < -0.4 is 10.1 Å². The van der Waals surface area contributed by atoms with E-state index in [0.717, 1.165) is 11.3 Å². The molecule has 2 aromatic rings. The van der Waals surface area contributed by atoms with E-state index < -0.39 is 5.41 Å². The summed E-state index contributed by atoms with van der Waals surface area (Å²) in [4.78, 5) is 12.5. The van der Waals surface area contributed by atoms with E-state index in [0.29, 0.717) is 11.3 Å². The van der Waals surface area contributed by atoms with Crippen molar-refractivity contribution in [3.05, 3.63) is 47.5 Å². The van der Waals surface area contributed by atoms with Crippen LogP contribution in [0.25, 0.3) is 0 Å². The molecule has 20 heavy (non-hydrogen) atoms. The Hall–Kier alpha value is -2.69. The number of hydrogen-bond acceptors (Lipinski definition) is 4. The van der Waals surface area contributed by atoms with E-state index in [1.165, 1.54) is 12.1 Å². The van der Waals surface area contributed by atoms with Gasteiger partial charge in [-0.15, -0.1) is 0 Å². The van der Waals surface area contributed by atoms with Crippen molar-refractivity contribution in [3.8, 4) is 17.2 Å². The van der Waals surface area contributed by atoms with Crippen LogP contribution in [0.5, 0.6) is 17.2 Å². The lowest BCUT2D eigenvalue weighted by molar-refractivity contribution is -0.119. The smallest absolute Gasteiger partial charge is 0.243 e. The van der Waals surface area contributed by atoms with E-state index in [4.69, 9.17) is 4.74 Å². The van der Waals surface area contributed by atoms with Gasteiger partial charge in [-0.1, -0.05) is 18.2 Å². The van der Waals surface area contributed by atoms with Crippen LogP contribution in [-0.4, -0.2) is 22.7 Å². The highest BCUT2D eigenvalue weighted by molar-refractivity contribution is 6.09. The highest BCUT2D eigenvalue weighted by Crippen LogP contribution is 2.52. The number of phenolic OH excluding ortho intramolecular Hbond substituents is 2. The molecule has 1 atom stereocenters. The average Bonchev–Trinajstić information content (AvgIpc) is 2.93. The van der Waals surface area contributed by atoms with Gasteiger partial charge in [-0.25, -0.2) is 0 Å². The Morgan fingerprint density at radius 2 is 1.85 bits per heavy atom. The molecule has 5 heteroatoms. The number of anilines is 1. The number of hydrogen-bond donors (Lipinski definition) is 3. The van der Waals surface area contributed by atoms with Crippen LogP contribution in [0.1, 0.15) is 11.1 Å². The Labute approximate surface area is 114 Å². The fourth-order valence-electron chi connectivity index (χ4n) is 3.00. The molecule has 100 valence electrons. The normalized spacial score (nSPS) is 22.3. The van der Waals surface area contributed by atoms with Crippen molar-refractivity contribution in [2.24, 2.45) is 0 Å². The summed E-state index contributed by atoms with van der Waals surface area (Å²) in [5.41, 5.74) is 1.21. The number of fused-ring (bicyclic) bond motifs is 4. The van der Waals surface area contributed by atoms with Gasteiger partial charge in [0, 0.05) is 17.3 Å². The first-order valence-corrected chi connectivity index (χ1v) is 6.23. The van der Waals surface area contributed by atoms with Crippen LogP contribution >= 0.6 is 0 Å². The van der Waals surface area contributed by atoms with Gasteiger partial charge >= 0.3 is 0 Å². The summed E-state index contributed by atoms with van der Waals surface area (Å²) in [6.07, 6.45) is 0. The molecule has 5 nitrogen and oxygen atoms in total. The fraction of sp³-hybridized carbons (Fsp3) is 0.133. The molecule has 0 radical (unpaired) electrons. The summed E-state index contributed by atoms with van der Waals surface area (Å²) in [5.74, 6) is -0.270. The molecular formula is C15H11NO4. The summed E-state index contributed by atoms with van der Waals surface area (Å²) >= 11 is 0. The van der Waals surface area contributed by atoms with Gasteiger partial charge in [0.25, 0.3) is 0 Å². The lowest BCUT2D eigenvalue weighted by Crippen LogP contribution is -2.37. The van der Waals surface area contributed by atoms with E-state index in [-0.39, 0.29) is 24.0 Å². The van der Waals surface area contributed by atoms with Gasteiger partial charge in [-0.3, -0.25) is 4.79 Å². The largest absolute Gasteiger partial charge is 0.504 e. The molecular weight excluding hydrogens is 258 g/mol. The Kier molecular flexibility index (Phi) is 1.92. The highest BCUT2D eigenvalue weighted by Gasteiger charge is 2.54. The minimum atomic E-state index is -0.947. The monoisotopic (exact) mass is 269 g/mol. The maximum Gasteiger partial charge on any atom is 0.243 e. The van der Waals surface area contributed by atoms with Crippen molar-refractivity contribution in [2.75, 3.05) is 11.9 Å². The summed E-state index contributed by atoms with van der Waals surface area (Å²) in [6.45, 7) is 0.161. The molecule has 2 aliphatic rings. The van der Waals surface area contributed by atoms with Crippen molar-refractivity contribution in [3.63, 3.8) is 0 Å². The third-order valence-corrected chi connectivity index (χ3v) is 4.00. The van der Waals surface area contributed by atoms with Crippen molar-refractivity contribution in [1.29, 1.82) is 0 Å². The first kappa shape index (κ1) is 11.2. The summed E-state index contributed by atoms with van der Waals surface area (Å²) in [7, 11) is 0. The molecule has 2 aliphatic heterocycles. The number of benzene rings is 2. The van der Waals surface area contributed by atoms with E-state index in [1.54, 1.807) is 0 Å². The molecule has 0 bridgehead atoms. The standard InChI is InChI=1S/C15H11NO4/c17-11-5-9-13(6-12(11)18)20-7-15(9)8-3-1-2-4-10(8)16-14(15)19/h1-6,17-18H,7H2,(H,16,19). The fourth-order valence-corrected chi connectivity index (χ4v) is 3.00. The van der Waals surface area contributed by atoms with Gasteiger partial charge < -0.3 is 20.3 Å². The molecule has 0 saturated carbocycles. The average molecular weight is 269 g/mol. The van der Waals surface area contributed by atoms with E-state index in [9.17, 15) is 15.0 Å². The zero-order valence-electron chi connectivity index (χ0n) is 10.4. The molecule has 3 N–H and O–H groups in total.